The molecule has 3 unspecified atom stereocenters. The van der Waals surface area contributed by atoms with Crippen LogP contribution in [-0.4, -0.2) is 45.9 Å². The lowest BCUT2D eigenvalue weighted by Crippen LogP contribution is -2.48. The fourth-order valence-corrected chi connectivity index (χ4v) is 4.89. The lowest BCUT2D eigenvalue weighted by Gasteiger charge is -2.37. The van der Waals surface area contributed by atoms with Crippen LogP contribution >= 0.6 is 0 Å². The van der Waals surface area contributed by atoms with Crippen molar-refractivity contribution < 1.29 is 4.79 Å². The number of likely N-dealkylation sites (tertiary alicyclic amines) is 1. The summed E-state index contributed by atoms with van der Waals surface area (Å²) in [5.41, 5.74) is 10.7. The van der Waals surface area contributed by atoms with Crippen molar-refractivity contribution in [3.8, 4) is 0 Å². The normalized spacial score (nSPS) is 24.9. The molecule has 0 spiro atoms. The van der Waals surface area contributed by atoms with Gasteiger partial charge in [-0.2, -0.15) is 0 Å². The summed E-state index contributed by atoms with van der Waals surface area (Å²) in [5.74, 6) is 0.890. The van der Waals surface area contributed by atoms with Gasteiger partial charge in [-0.05, 0) is 42.9 Å². The summed E-state index contributed by atoms with van der Waals surface area (Å²) >= 11 is 0. The van der Waals surface area contributed by atoms with Gasteiger partial charge in [-0.15, -0.1) is 0 Å². The molecule has 1 amide bonds. The molecule has 0 aliphatic carbocycles. The van der Waals surface area contributed by atoms with Crippen LogP contribution in [0.25, 0.3) is 5.65 Å². The van der Waals surface area contributed by atoms with Gasteiger partial charge in [0.25, 0.3) is 5.91 Å². The SMILES string of the molecule is Cc1cccn2cc(C(=O)N3CCCC(C4NNCC4c4ccccc4)C3)nc12. The number of pyridine rings is 1. The minimum absolute atomic E-state index is 0.0417. The third-order valence-electron chi connectivity index (χ3n) is 6.40. The second-order valence-electron chi connectivity index (χ2n) is 8.27. The maximum atomic E-state index is 13.2. The van der Waals surface area contributed by atoms with Gasteiger partial charge in [0.15, 0.2) is 0 Å². The molecular formula is C23H27N5O. The molecule has 2 saturated heterocycles. The number of rotatable bonds is 3. The highest BCUT2D eigenvalue weighted by Gasteiger charge is 2.38. The highest BCUT2D eigenvalue weighted by Crippen LogP contribution is 2.32. The number of benzene rings is 1. The zero-order valence-electron chi connectivity index (χ0n) is 16.7. The Kier molecular flexibility index (Phi) is 4.81. The average molecular weight is 390 g/mol. The summed E-state index contributed by atoms with van der Waals surface area (Å²) in [6.07, 6.45) is 5.97. The molecule has 4 heterocycles. The summed E-state index contributed by atoms with van der Waals surface area (Å²) in [4.78, 5) is 19.8. The molecule has 150 valence electrons. The van der Waals surface area contributed by atoms with Gasteiger partial charge in [0.2, 0.25) is 0 Å². The fourth-order valence-electron chi connectivity index (χ4n) is 4.89. The lowest BCUT2D eigenvalue weighted by molar-refractivity contribution is 0.0639. The Morgan fingerprint density at radius 3 is 2.86 bits per heavy atom. The van der Waals surface area contributed by atoms with E-state index in [1.54, 1.807) is 0 Å². The molecule has 3 atom stereocenters. The number of hydrazine groups is 1. The summed E-state index contributed by atoms with van der Waals surface area (Å²) in [7, 11) is 0. The minimum Gasteiger partial charge on any atom is -0.337 e. The Morgan fingerprint density at radius 1 is 1.17 bits per heavy atom. The van der Waals surface area contributed by atoms with Crippen molar-refractivity contribution in [3.63, 3.8) is 0 Å². The van der Waals surface area contributed by atoms with Gasteiger partial charge in [0.1, 0.15) is 11.3 Å². The fraction of sp³-hybridized carbons (Fsp3) is 0.391. The van der Waals surface area contributed by atoms with Crippen LogP contribution in [0.3, 0.4) is 0 Å². The molecule has 5 rings (SSSR count). The number of aryl methyl sites for hydroxylation is 1. The molecule has 0 radical (unpaired) electrons. The lowest BCUT2D eigenvalue weighted by atomic mass is 9.81. The number of carbonyl (C=O) groups excluding carboxylic acids is 1. The third-order valence-corrected chi connectivity index (χ3v) is 6.40. The molecule has 2 fully saturated rings. The Balaban J connectivity index is 1.34. The summed E-state index contributed by atoms with van der Waals surface area (Å²) < 4.78 is 1.94. The third kappa shape index (κ3) is 3.43. The van der Waals surface area contributed by atoms with Gasteiger partial charge in [-0.25, -0.2) is 4.98 Å². The first-order chi connectivity index (χ1) is 14.2. The zero-order valence-corrected chi connectivity index (χ0v) is 16.7. The first-order valence-corrected chi connectivity index (χ1v) is 10.5. The Morgan fingerprint density at radius 2 is 2.03 bits per heavy atom. The van der Waals surface area contributed by atoms with Gasteiger partial charge in [-0.3, -0.25) is 15.6 Å². The van der Waals surface area contributed by atoms with Gasteiger partial charge >= 0.3 is 0 Å². The van der Waals surface area contributed by atoms with Crippen molar-refractivity contribution in [1.82, 2.24) is 25.1 Å². The molecule has 29 heavy (non-hydrogen) atoms. The van der Waals surface area contributed by atoms with E-state index in [1.807, 2.05) is 40.8 Å². The first kappa shape index (κ1) is 18.3. The standard InChI is InChI=1S/C23H27N5O/c1-16-7-5-11-27-15-20(25-22(16)27)23(29)28-12-6-10-18(14-28)21-19(13-24-26-21)17-8-3-2-4-9-17/h2-5,7-9,11,15,18-19,21,24,26H,6,10,12-14H2,1H3. The predicted molar refractivity (Wildman–Crippen MR) is 113 cm³/mol. The topological polar surface area (TPSA) is 61.7 Å². The Labute approximate surface area is 170 Å². The molecule has 2 N–H and O–H groups in total. The quantitative estimate of drug-likeness (QED) is 0.723. The van der Waals surface area contributed by atoms with E-state index in [2.05, 4.69) is 46.2 Å². The minimum atomic E-state index is 0.0417. The molecule has 6 heteroatoms. The van der Waals surface area contributed by atoms with Crippen LogP contribution in [-0.2, 0) is 0 Å². The van der Waals surface area contributed by atoms with E-state index in [4.69, 9.17) is 0 Å². The van der Waals surface area contributed by atoms with Crippen molar-refractivity contribution in [2.45, 2.75) is 31.7 Å². The van der Waals surface area contributed by atoms with Crippen molar-refractivity contribution in [3.05, 3.63) is 71.7 Å². The van der Waals surface area contributed by atoms with E-state index < -0.39 is 0 Å². The van der Waals surface area contributed by atoms with E-state index in [0.29, 0.717) is 23.6 Å². The molecular weight excluding hydrogens is 362 g/mol. The number of carbonyl (C=O) groups is 1. The second kappa shape index (κ2) is 7.61. The number of nitrogens with zero attached hydrogens (tertiary/aromatic N) is 3. The molecule has 0 bridgehead atoms. The van der Waals surface area contributed by atoms with Crippen LogP contribution in [0.2, 0.25) is 0 Å². The predicted octanol–water partition coefficient (Wildman–Crippen LogP) is 2.76. The Hall–Kier alpha value is -2.70. The van der Waals surface area contributed by atoms with Crippen LogP contribution in [0.15, 0.2) is 54.9 Å². The maximum absolute atomic E-state index is 13.2. The van der Waals surface area contributed by atoms with Crippen LogP contribution in [0.4, 0.5) is 0 Å². The van der Waals surface area contributed by atoms with Crippen LogP contribution in [0.1, 0.15) is 40.4 Å². The number of piperidine rings is 1. The van der Waals surface area contributed by atoms with E-state index in [0.717, 1.165) is 43.7 Å². The van der Waals surface area contributed by atoms with Gasteiger partial charge < -0.3 is 9.30 Å². The van der Waals surface area contributed by atoms with Crippen molar-refractivity contribution in [2.75, 3.05) is 19.6 Å². The second-order valence-corrected chi connectivity index (χ2v) is 8.27. The largest absolute Gasteiger partial charge is 0.337 e. The average Bonchev–Trinajstić information content (AvgIpc) is 3.42. The van der Waals surface area contributed by atoms with Crippen molar-refractivity contribution >= 4 is 11.6 Å². The van der Waals surface area contributed by atoms with Crippen molar-refractivity contribution in [1.29, 1.82) is 0 Å². The number of amides is 1. The van der Waals surface area contributed by atoms with Gasteiger partial charge in [0, 0.05) is 44.0 Å². The number of aromatic nitrogens is 2. The number of hydrogen-bond donors (Lipinski definition) is 2. The molecule has 1 aromatic carbocycles. The number of fused-ring (bicyclic) bond motifs is 1. The number of hydrogen-bond acceptors (Lipinski definition) is 4. The molecule has 6 nitrogen and oxygen atoms in total. The molecule has 0 saturated carbocycles. The van der Waals surface area contributed by atoms with Gasteiger partial charge in [0.05, 0.1) is 0 Å². The molecule has 2 aromatic heterocycles. The number of imidazole rings is 1. The van der Waals surface area contributed by atoms with E-state index in [-0.39, 0.29) is 5.91 Å². The van der Waals surface area contributed by atoms with Crippen molar-refractivity contribution in [2.24, 2.45) is 5.92 Å². The van der Waals surface area contributed by atoms with Gasteiger partial charge in [-0.1, -0.05) is 36.4 Å². The molecule has 3 aromatic rings. The highest BCUT2D eigenvalue weighted by atomic mass is 16.2. The summed E-state index contributed by atoms with van der Waals surface area (Å²) in [6, 6.07) is 15.0. The first-order valence-electron chi connectivity index (χ1n) is 10.5. The van der Waals surface area contributed by atoms with E-state index in [1.165, 1.54) is 5.56 Å². The molecule has 2 aliphatic heterocycles. The number of nitrogens with one attached hydrogen (secondary N) is 2. The zero-order chi connectivity index (χ0) is 19.8. The van der Waals surface area contributed by atoms with E-state index in [9.17, 15) is 4.79 Å². The molecule has 2 aliphatic rings. The smallest absolute Gasteiger partial charge is 0.274 e. The summed E-state index contributed by atoms with van der Waals surface area (Å²) in [5, 5.41) is 0. The maximum Gasteiger partial charge on any atom is 0.274 e. The van der Waals surface area contributed by atoms with E-state index >= 15 is 0 Å². The Bertz CT molecular complexity index is 1010. The van der Waals surface area contributed by atoms with Crippen LogP contribution in [0, 0.1) is 12.8 Å². The van der Waals surface area contributed by atoms with Crippen LogP contribution in [0.5, 0.6) is 0 Å². The highest BCUT2D eigenvalue weighted by molar-refractivity contribution is 5.93. The van der Waals surface area contributed by atoms with Crippen LogP contribution < -0.4 is 10.9 Å². The monoisotopic (exact) mass is 389 g/mol. The summed E-state index contributed by atoms with van der Waals surface area (Å²) in [6.45, 7) is 4.52.